The van der Waals surface area contributed by atoms with E-state index in [1.54, 1.807) is 7.11 Å². The van der Waals surface area contributed by atoms with E-state index < -0.39 is 0 Å². The minimum Gasteiger partial charge on any atom is -0.497 e. The summed E-state index contributed by atoms with van der Waals surface area (Å²) in [6.07, 6.45) is 10.3. The molecule has 4 aromatic rings. The molecule has 4 saturated carbocycles. The van der Waals surface area contributed by atoms with Crippen LogP contribution in [0.25, 0.3) is 28.0 Å². The predicted octanol–water partition coefficient (Wildman–Crippen LogP) is 6.66. The zero-order chi connectivity index (χ0) is 23.7. The average molecular weight is 469 g/mol. The topological polar surface area (TPSA) is 64.6 Å². The number of fused-ring (bicyclic) bond motifs is 1. The van der Waals surface area contributed by atoms with Gasteiger partial charge >= 0.3 is 0 Å². The molecule has 0 aliphatic heterocycles. The number of ether oxygens (including phenoxy) is 1. The van der Waals surface area contributed by atoms with Gasteiger partial charge in [-0.3, -0.25) is 4.40 Å². The van der Waals surface area contributed by atoms with E-state index in [2.05, 4.69) is 45.3 Å². The number of pyridine rings is 1. The lowest BCUT2D eigenvalue weighted by atomic mass is 9.53. The Kier molecular flexibility index (Phi) is 4.57. The fraction of sp³-hybridized carbons (Fsp3) is 0.448. The van der Waals surface area contributed by atoms with E-state index in [1.807, 2.05) is 26.0 Å². The van der Waals surface area contributed by atoms with Crippen LogP contribution in [0.4, 0.5) is 5.82 Å². The summed E-state index contributed by atoms with van der Waals surface area (Å²) in [4.78, 5) is 5.18. The van der Waals surface area contributed by atoms with Crippen molar-refractivity contribution in [2.24, 2.45) is 17.8 Å². The van der Waals surface area contributed by atoms with Gasteiger partial charge in [0.2, 0.25) is 0 Å². The van der Waals surface area contributed by atoms with E-state index in [0.29, 0.717) is 0 Å². The van der Waals surface area contributed by atoms with Crippen molar-refractivity contribution in [3.63, 3.8) is 0 Å². The first-order valence-electron chi connectivity index (χ1n) is 12.9. The maximum atomic E-state index is 5.44. The first-order valence-corrected chi connectivity index (χ1v) is 12.9. The van der Waals surface area contributed by atoms with Crippen molar-refractivity contribution in [1.82, 2.24) is 14.5 Å². The van der Waals surface area contributed by atoms with Crippen molar-refractivity contribution in [2.45, 2.75) is 57.9 Å². The molecule has 0 unspecified atom stereocenters. The summed E-state index contributed by atoms with van der Waals surface area (Å²) in [7, 11) is 1.70. The minimum atomic E-state index is 0.187. The standard InChI is InChI=1S/C29H32N4O2/c1-17-26(18(2)35-32-17)23-8-9-33-25(13-23)30-27(22-4-6-24(34-3)7-5-22)28(33)31-29-14-19-10-20(15-29)12-21(11-19)16-29/h4-9,13,19-21,31H,10-12,14-16H2,1-3H3. The number of rotatable bonds is 5. The van der Waals surface area contributed by atoms with Crippen LogP contribution in [0, 0.1) is 31.6 Å². The van der Waals surface area contributed by atoms with Crippen LogP contribution < -0.4 is 10.1 Å². The number of methoxy groups -OCH3 is 1. The van der Waals surface area contributed by atoms with Gasteiger partial charge in [0, 0.05) is 22.9 Å². The number of aryl methyl sites for hydroxylation is 2. The summed E-state index contributed by atoms with van der Waals surface area (Å²) >= 11 is 0. The van der Waals surface area contributed by atoms with Gasteiger partial charge in [0.25, 0.3) is 0 Å². The molecular formula is C29H32N4O2. The highest BCUT2D eigenvalue weighted by Gasteiger charge is 2.51. The van der Waals surface area contributed by atoms with Gasteiger partial charge in [-0.2, -0.15) is 0 Å². The van der Waals surface area contributed by atoms with Crippen LogP contribution in [0.5, 0.6) is 5.75 Å². The second-order valence-corrected chi connectivity index (χ2v) is 11.2. The number of aromatic nitrogens is 3. The molecular weight excluding hydrogens is 436 g/mol. The number of nitrogens with zero attached hydrogens (tertiary/aromatic N) is 3. The van der Waals surface area contributed by atoms with Crippen molar-refractivity contribution in [3.8, 4) is 28.1 Å². The van der Waals surface area contributed by atoms with Gasteiger partial charge in [-0.15, -0.1) is 0 Å². The number of nitrogens with one attached hydrogen (secondary N) is 1. The molecule has 3 heterocycles. The second-order valence-electron chi connectivity index (χ2n) is 11.2. The molecule has 4 fully saturated rings. The lowest BCUT2D eigenvalue weighted by Crippen LogP contribution is -2.55. The Hall–Kier alpha value is -3.28. The minimum absolute atomic E-state index is 0.187. The molecule has 0 radical (unpaired) electrons. The van der Waals surface area contributed by atoms with Crippen LogP contribution in [0.3, 0.4) is 0 Å². The van der Waals surface area contributed by atoms with Crippen molar-refractivity contribution in [3.05, 3.63) is 54.0 Å². The van der Waals surface area contributed by atoms with E-state index in [9.17, 15) is 0 Å². The summed E-state index contributed by atoms with van der Waals surface area (Å²) in [6.45, 7) is 3.96. The fourth-order valence-corrected chi connectivity index (χ4v) is 7.68. The molecule has 0 spiro atoms. The molecule has 1 aromatic carbocycles. The smallest absolute Gasteiger partial charge is 0.141 e. The molecule has 180 valence electrons. The van der Waals surface area contributed by atoms with Crippen LogP contribution in [-0.2, 0) is 0 Å². The molecule has 6 heteroatoms. The van der Waals surface area contributed by atoms with E-state index in [1.165, 1.54) is 38.5 Å². The van der Waals surface area contributed by atoms with Crippen molar-refractivity contribution >= 4 is 11.5 Å². The van der Waals surface area contributed by atoms with Gasteiger partial charge in [-0.05, 0) is 112 Å². The molecule has 0 atom stereocenters. The number of anilines is 1. The molecule has 0 amide bonds. The lowest BCUT2D eigenvalue weighted by molar-refractivity contribution is 0.0105. The molecule has 4 aliphatic carbocycles. The zero-order valence-electron chi connectivity index (χ0n) is 20.7. The molecule has 0 saturated heterocycles. The third kappa shape index (κ3) is 3.37. The maximum Gasteiger partial charge on any atom is 0.141 e. The van der Waals surface area contributed by atoms with E-state index in [4.69, 9.17) is 14.2 Å². The van der Waals surface area contributed by atoms with Crippen LogP contribution in [0.15, 0.2) is 47.1 Å². The Morgan fingerprint density at radius 3 is 2.26 bits per heavy atom. The third-order valence-electron chi connectivity index (χ3n) is 8.73. The second kappa shape index (κ2) is 7.61. The Balaban J connectivity index is 1.36. The lowest BCUT2D eigenvalue weighted by Gasteiger charge is -2.57. The SMILES string of the molecule is COc1ccc(-c2nc3cc(-c4c(C)noc4C)ccn3c2NC23CC4CC(CC(C4)C2)C3)cc1. The van der Waals surface area contributed by atoms with E-state index in [0.717, 1.165) is 68.8 Å². The maximum absolute atomic E-state index is 5.44. The molecule has 6 nitrogen and oxygen atoms in total. The number of imidazole rings is 1. The normalized spacial score (nSPS) is 27.0. The predicted molar refractivity (Wildman–Crippen MR) is 137 cm³/mol. The average Bonchev–Trinajstić information content (AvgIpc) is 3.36. The quantitative estimate of drug-likeness (QED) is 0.355. The molecule has 4 bridgehead atoms. The summed E-state index contributed by atoms with van der Waals surface area (Å²) in [5.74, 6) is 5.43. The van der Waals surface area contributed by atoms with Gasteiger partial charge in [0.15, 0.2) is 0 Å². The first kappa shape index (κ1) is 21.0. The largest absolute Gasteiger partial charge is 0.497 e. The highest BCUT2D eigenvalue weighted by atomic mass is 16.5. The van der Waals surface area contributed by atoms with Crippen LogP contribution in [0.2, 0.25) is 0 Å². The molecule has 4 aliphatic rings. The number of hydrogen-bond donors (Lipinski definition) is 1. The third-order valence-corrected chi connectivity index (χ3v) is 8.73. The van der Waals surface area contributed by atoms with E-state index >= 15 is 0 Å². The van der Waals surface area contributed by atoms with Crippen molar-refractivity contribution < 1.29 is 9.26 Å². The van der Waals surface area contributed by atoms with Gasteiger partial charge in [-0.1, -0.05) is 5.16 Å². The summed E-state index contributed by atoms with van der Waals surface area (Å²) < 4.78 is 13.1. The molecule has 8 rings (SSSR count). The summed E-state index contributed by atoms with van der Waals surface area (Å²) in [5, 5.41) is 8.28. The zero-order valence-corrected chi connectivity index (χ0v) is 20.7. The molecule has 3 aromatic heterocycles. The van der Waals surface area contributed by atoms with Crippen LogP contribution in [0.1, 0.15) is 50.0 Å². The van der Waals surface area contributed by atoms with Gasteiger partial charge in [0.1, 0.15) is 28.7 Å². The summed E-state index contributed by atoms with van der Waals surface area (Å²) in [5.41, 5.74) is 6.26. The highest BCUT2D eigenvalue weighted by molar-refractivity contribution is 5.80. The van der Waals surface area contributed by atoms with Gasteiger partial charge in [0.05, 0.1) is 12.8 Å². The summed E-state index contributed by atoms with van der Waals surface area (Å²) in [6, 6.07) is 12.6. The molecule has 1 N–H and O–H groups in total. The number of benzene rings is 1. The van der Waals surface area contributed by atoms with Crippen LogP contribution in [-0.4, -0.2) is 27.2 Å². The van der Waals surface area contributed by atoms with Crippen LogP contribution >= 0.6 is 0 Å². The Morgan fingerprint density at radius 1 is 0.971 bits per heavy atom. The molecule has 35 heavy (non-hydrogen) atoms. The van der Waals surface area contributed by atoms with E-state index in [-0.39, 0.29) is 5.54 Å². The van der Waals surface area contributed by atoms with Crippen molar-refractivity contribution in [2.75, 3.05) is 12.4 Å². The Bertz CT molecular complexity index is 1360. The van der Waals surface area contributed by atoms with Crippen molar-refractivity contribution in [1.29, 1.82) is 0 Å². The highest BCUT2D eigenvalue weighted by Crippen LogP contribution is 2.57. The number of hydrogen-bond acceptors (Lipinski definition) is 5. The first-order chi connectivity index (χ1) is 17.0. The van der Waals surface area contributed by atoms with Gasteiger partial charge < -0.3 is 14.6 Å². The monoisotopic (exact) mass is 468 g/mol. The van der Waals surface area contributed by atoms with Gasteiger partial charge in [-0.25, -0.2) is 4.98 Å². The Morgan fingerprint density at radius 2 is 1.66 bits per heavy atom. The Labute approximate surface area is 205 Å². The fourth-order valence-electron chi connectivity index (χ4n) is 7.68.